The van der Waals surface area contributed by atoms with Gasteiger partial charge >= 0.3 is 0 Å². The summed E-state index contributed by atoms with van der Waals surface area (Å²) in [7, 11) is 1.58. The predicted molar refractivity (Wildman–Crippen MR) is 88.6 cm³/mol. The number of nitrogens with two attached hydrogens (primary N) is 1. The van der Waals surface area contributed by atoms with Crippen LogP contribution in [0.15, 0.2) is 29.6 Å². The van der Waals surface area contributed by atoms with E-state index >= 15 is 0 Å². The molecule has 23 heavy (non-hydrogen) atoms. The molecule has 2 rings (SSSR count). The summed E-state index contributed by atoms with van der Waals surface area (Å²) in [6.07, 6.45) is 0.294. The Balaban J connectivity index is 1.86. The number of amides is 2. The summed E-state index contributed by atoms with van der Waals surface area (Å²) in [5.41, 5.74) is 6.46. The number of benzene rings is 1. The second-order valence-corrected chi connectivity index (χ2v) is 5.52. The first-order chi connectivity index (χ1) is 11.1. The molecule has 0 spiro atoms. The third kappa shape index (κ3) is 5.04. The Kier molecular flexibility index (Phi) is 6.07. The summed E-state index contributed by atoms with van der Waals surface area (Å²) < 4.78 is 5.44. The number of nitrogens with one attached hydrogen (secondary N) is 2. The van der Waals surface area contributed by atoms with Crippen LogP contribution in [0.1, 0.15) is 21.9 Å². The highest BCUT2D eigenvalue weighted by atomic mass is 32.1. The molecule has 0 saturated heterocycles. The lowest BCUT2D eigenvalue weighted by molar-refractivity contribution is -0.121. The normalized spacial score (nSPS) is 10.2. The van der Waals surface area contributed by atoms with Gasteiger partial charge in [-0.15, -0.1) is 11.3 Å². The quantitative estimate of drug-likeness (QED) is 0.709. The van der Waals surface area contributed by atoms with Crippen molar-refractivity contribution in [1.82, 2.24) is 10.3 Å². The number of hydrogen-bond acceptors (Lipinski definition) is 6. The van der Waals surface area contributed by atoms with Crippen LogP contribution in [0.5, 0.6) is 5.75 Å². The molecule has 1 aromatic heterocycles. The summed E-state index contributed by atoms with van der Waals surface area (Å²) in [6, 6.07) is 6.91. The molecule has 1 heterocycles. The minimum atomic E-state index is -0.283. The minimum absolute atomic E-state index is 0.0750. The fourth-order valence-electron chi connectivity index (χ4n) is 1.73. The number of aromatic nitrogens is 1. The molecule has 0 fully saturated rings. The Morgan fingerprint density at radius 2 is 2.04 bits per heavy atom. The monoisotopic (exact) mass is 334 g/mol. The van der Waals surface area contributed by atoms with Crippen LogP contribution in [0.4, 0.5) is 5.69 Å². The van der Waals surface area contributed by atoms with Gasteiger partial charge in [-0.3, -0.25) is 9.59 Å². The number of rotatable bonds is 7. The van der Waals surface area contributed by atoms with Crippen molar-refractivity contribution < 1.29 is 14.3 Å². The number of nitrogens with zero attached hydrogens (tertiary/aromatic N) is 1. The van der Waals surface area contributed by atoms with Gasteiger partial charge in [0, 0.05) is 24.7 Å². The number of carbonyl (C=O) groups is 2. The topological polar surface area (TPSA) is 106 Å². The highest BCUT2D eigenvalue weighted by Gasteiger charge is 2.10. The van der Waals surface area contributed by atoms with Crippen molar-refractivity contribution in [2.24, 2.45) is 5.73 Å². The van der Waals surface area contributed by atoms with Gasteiger partial charge in [0.15, 0.2) is 0 Å². The predicted octanol–water partition coefficient (Wildman–Crippen LogP) is 1.37. The number of ether oxygens (including phenoxy) is 1. The minimum Gasteiger partial charge on any atom is -0.493 e. The molecule has 2 aromatic rings. The van der Waals surface area contributed by atoms with Gasteiger partial charge in [-0.05, 0) is 24.3 Å². The van der Waals surface area contributed by atoms with Crippen molar-refractivity contribution in [3.05, 3.63) is 40.3 Å². The first kappa shape index (κ1) is 16.9. The van der Waals surface area contributed by atoms with Crippen molar-refractivity contribution in [2.75, 3.05) is 19.0 Å². The Labute approximate surface area is 137 Å². The first-order valence-electron chi connectivity index (χ1n) is 7.01. The van der Waals surface area contributed by atoms with Gasteiger partial charge < -0.3 is 21.1 Å². The zero-order chi connectivity index (χ0) is 16.7. The average molecular weight is 334 g/mol. The molecule has 4 N–H and O–H groups in total. The number of anilines is 1. The van der Waals surface area contributed by atoms with E-state index in [1.165, 1.54) is 11.3 Å². The maximum atomic E-state index is 12.0. The van der Waals surface area contributed by atoms with Gasteiger partial charge in [0.05, 0.1) is 13.0 Å². The van der Waals surface area contributed by atoms with Crippen molar-refractivity contribution in [3.63, 3.8) is 0 Å². The van der Waals surface area contributed by atoms with Crippen LogP contribution in [0.3, 0.4) is 0 Å². The molecule has 0 bridgehead atoms. The third-order valence-electron chi connectivity index (χ3n) is 2.95. The van der Waals surface area contributed by atoms with Crippen molar-refractivity contribution in [2.45, 2.75) is 13.0 Å². The van der Waals surface area contributed by atoms with Crippen molar-refractivity contribution in [1.29, 1.82) is 0 Å². The summed E-state index contributed by atoms with van der Waals surface area (Å²) in [4.78, 5) is 27.2. The summed E-state index contributed by atoms with van der Waals surface area (Å²) in [6.45, 7) is 0.617. The van der Waals surface area contributed by atoms with E-state index in [9.17, 15) is 9.59 Å². The number of carbonyl (C=O) groups excluding carboxylic acids is 2. The second-order valence-electron chi connectivity index (χ2n) is 4.58. The molecule has 0 unspecified atom stereocenters. The zero-order valence-electron chi connectivity index (χ0n) is 12.7. The lowest BCUT2D eigenvalue weighted by Crippen LogP contribution is -2.20. The number of thiazole rings is 1. The van der Waals surface area contributed by atoms with E-state index in [0.717, 1.165) is 5.01 Å². The molecule has 0 radical (unpaired) electrons. The Hall–Kier alpha value is -2.45. The van der Waals surface area contributed by atoms with Crippen molar-refractivity contribution >= 4 is 28.8 Å². The van der Waals surface area contributed by atoms with Gasteiger partial charge in [0.25, 0.3) is 5.91 Å². The van der Waals surface area contributed by atoms with Gasteiger partial charge in [-0.25, -0.2) is 4.98 Å². The van der Waals surface area contributed by atoms with Crippen molar-refractivity contribution in [3.8, 4) is 5.75 Å². The summed E-state index contributed by atoms with van der Waals surface area (Å²) in [5, 5.41) is 7.67. The Morgan fingerprint density at radius 3 is 2.65 bits per heavy atom. The maximum Gasteiger partial charge on any atom is 0.275 e. The molecular formula is C15H18N4O3S. The van der Waals surface area contributed by atoms with Crippen LogP contribution in [-0.4, -0.2) is 30.5 Å². The molecule has 0 aliphatic carbocycles. The lowest BCUT2D eigenvalue weighted by atomic mass is 10.3. The number of hydrogen-bond donors (Lipinski definition) is 3. The van der Waals surface area contributed by atoms with E-state index in [4.69, 9.17) is 10.5 Å². The van der Waals surface area contributed by atoms with E-state index in [1.54, 1.807) is 36.7 Å². The molecule has 7 nitrogen and oxygen atoms in total. The smallest absolute Gasteiger partial charge is 0.275 e. The van der Waals surface area contributed by atoms with Crippen LogP contribution in [0, 0.1) is 0 Å². The third-order valence-corrected chi connectivity index (χ3v) is 3.82. The van der Waals surface area contributed by atoms with Crippen LogP contribution in [0.2, 0.25) is 0 Å². The van der Waals surface area contributed by atoms with Crippen LogP contribution in [0.25, 0.3) is 0 Å². The fourth-order valence-corrected chi connectivity index (χ4v) is 2.38. The van der Waals surface area contributed by atoms with E-state index in [2.05, 4.69) is 15.6 Å². The summed E-state index contributed by atoms with van der Waals surface area (Å²) >= 11 is 1.35. The van der Waals surface area contributed by atoms with Gasteiger partial charge in [-0.2, -0.15) is 0 Å². The SMILES string of the molecule is CNC(=O)CCOc1ccc(NC(=O)c2csc(CN)n2)cc1. The Bertz CT molecular complexity index is 670. The van der Waals surface area contributed by atoms with E-state index in [-0.39, 0.29) is 11.8 Å². The molecule has 2 amide bonds. The largest absolute Gasteiger partial charge is 0.493 e. The van der Waals surface area contributed by atoms with Gasteiger partial charge in [-0.1, -0.05) is 0 Å². The molecule has 0 saturated carbocycles. The highest BCUT2D eigenvalue weighted by Crippen LogP contribution is 2.17. The van der Waals surface area contributed by atoms with Crippen LogP contribution < -0.4 is 21.1 Å². The van der Waals surface area contributed by atoms with Gasteiger partial charge in [0.1, 0.15) is 16.5 Å². The lowest BCUT2D eigenvalue weighted by Gasteiger charge is -2.07. The standard InChI is InChI=1S/C15H18N4O3S/c1-17-13(20)6-7-22-11-4-2-10(3-5-11)18-15(21)12-9-23-14(8-16)19-12/h2-5,9H,6-8,16H2,1H3,(H,17,20)(H,18,21). The summed E-state index contributed by atoms with van der Waals surface area (Å²) in [5.74, 6) is 0.272. The van der Waals surface area contributed by atoms with Crippen LogP contribution in [-0.2, 0) is 11.3 Å². The maximum absolute atomic E-state index is 12.0. The van der Waals surface area contributed by atoms with E-state index in [1.807, 2.05) is 0 Å². The Morgan fingerprint density at radius 1 is 1.30 bits per heavy atom. The highest BCUT2D eigenvalue weighted by molar-refractivity contribution is 7.09. The van der Waals surface area contributed by atoms with E-state index < -0.39 is 0 Å². The zero-order valence-corrected chi connectivity index (χ0v) is 13.5. The second kappa shape index (κ2) is 8.25. The first-order valence-corrected chi connectivity index (χ1v) is 7.89. The molecule has 1 aromatic carbocycles. The molecule has 0 atom stereocenters. The van der Waals surface area contributed by atoms with Crippen LogP contribution >= 0.6 is 11.3 Å². The molecular weight excluding hydrogens is 316 g/mol. The van der Waals surface area contributed by atoms with Gasteiger partial charge in [0.2, 0.25) is 5.91 Å². The fraction of sp³-hybridized carbons (Fsp3) is 0.267. The molecule has 122 valence electrons. The molecule has 0 aliphatic heterocycles. The average Bonchev–Trinajstić information content (AvgIpc) is 3.05. The van der Waals surface area contributed by atoms with E-state index in [0.29, 0.717) is 36.7 Å². The molecule has 0 aliphatic rings. The molecule has 8 heteroatoms.